The third-order valence-electron chi connectivity index (χ3n) is 3.49. The summed E-state index contributed by atoms with van der Waals surface area (Å²) in [5.41, 5.74) is -0.659. The van der Waals surface area contributed by atoms with Crippen LogP contribution >= 0.6 is 0 Å². The molecule has 7 nitrogen and oxygen atoms in total. The number of nitrogens with zero attached hydrogens (tertiary/aromatic N) is 1. The van der Waals surface area contributed by atoms with Gasteiger partial charge in [0, 0.05) is 12.5 Å². The van der Waals surface area contributed by atoms with Crippen LogP contribution in [-0.2, 0) is 23.8 Å². The van der Waals surface area contributed by atoms with Crippen LogP contribution in [0, 0.1) is 0 Å². The smallest absolute Gasteiger partial charge is 0.411 e. The molecule has 1 aliphatic heterocycles. The highest BCUT2D eigenvalue weighted by Gasteiger charge is 2.43. The second-order valence-electron chi connectivity index (χ2n) is 6.27. The maximum atomic E-state index is 12.4. The fourth-order valence-corrected chi connectivity index (χ4v) is 2.51. The summed E-state index contributed by atoms with van der Waals surface area (Å²) in [5, 5.41) is 0. The maximum Gasteiger partial charge on any atom is 0.411 e. The van der Waals surface area contributed by atoms with Crippen molar-refractivity contribution in [2.75, 3.05) is 14.2 Å². The first-order valence-electron chi connectivity index (χ1n) is 7.35. The molecule has 1 fully saturated rings. The topological polar surface area (TPSA) is 82.1 Å². The van der Waals surface area contributed by atoms with Gasteiger partial charge in [0.1, 0.15) is 11.6 Å². The molecular weight excluding hydrogens is 290 g/mol. The van der Waals surface area contributed by atoms with Crippen molar-refractivity contribution in [2.45, 2.75) is 64.1 Å². The fourth-order valence-electron chi connectivity index (χ4n) is 2.51. The van der Waals surface area contributed by atoms with Gasteiger partial charge in [-0.1, -0.05) is 0 Å². The molecule has 1 rings (SSSR count). The number of esters is 2. The van der Waals surface area contributed by atoms with Gasteiger partial charge in [0.25, 0.3) is 0 Å². The molecule has 1 heterocycles. The van der Waals surface area contributed by atoms with E-state index in [2.05, 4.69) is 4.74 Å². The molecule has 2 atom stereocenters. The summed E-state index contributed by atoms with van der Waals surface area (Å²) in [4.78, 5) is 37.0. The average Bonchev–Trinajstić information content (AvgIpc) is 2.85. The van der Waals surface area contributed by atoms with Crippen molar-refractivity contribution in [3.05, 3.63) is 0 Å². The molecule has 22 heavy (non-hydrogen) atoms. The first kappa shape index (κ1) is 18.3. The third-order valence-corrected chi connectivity index (χ3v) is 3.49. The van der Waals surface area contributed by atoms with Crippen molar-refractivity contribution in [3.8, 4) is 0 Å². The number of rotatable bonds is 4. The average molecular weight is 315 g/mol. The molecule has 0 radical (unpaired) electrons. The molecular formula is C15H25NO6. The van der Waals surface area contributed by atoms with Crippen molar-refractivity contribution in [2.24, 2.45) is 0 Å². The molecule has 0 bridgehead atoms. The summed E-state index contributed by atoms with van der Waals surface area (Å²) < 4.78 is 14.7. The van der Waals surface area contributed by atoms with Crippen molar-refractivity contribution >= 4 is 18.0 Å². The van der Waals surface area contributed by atoms with Crippen molar-refractivity contribution in [1.29, 1.82) is 0 Å². The van der Waals surface area contributed by atoms with Crippen LogP contribution < -0.4 is 0 Å². The molecule has 126 valence electrons. The second-order valence-corrected chi connectivity index (χ2v) is 6.27. The summed E-state index contributed by atoms with van der Waals surface area (Å²) in [6.07, 6.45) is 1.18. The van der Waals surface area contributed by atoms with Gasteiger partial charge in [-0.2, -0.15) is 0 Å². The van der Waals surface area contributed by atoms with Gasteiger partial charge < -0.3 is 14.2 Å². The van der Waals surface area contributed by atoms with E-state index < -0.39 is 23.7 Å². The Hall–Kier alpha value is -1.79. The normalized spacial score (nSPS) is 21.4. The Balaban J connectivity index is 2.84. The summed E-state index contributed by atoms with van der Waals surface area (Å²) in [6, 6.07) is -0.902. The molecule has 1 saturated heterocycles. The molecule has 1 amide bonds. The first-order chi connectivity index (χ1) is 10.2. The van der Waals surface area contributed by atoms with E-state index in [0.29, 0.717) is 19.3 Å². The lowest BCUT2D eigenvalue weighted by Crippen LogP contribution is -2.47. The first-order valence-corrected chi connectivity index (χ1v) is 7.35. The Kier molecular flexibility index (Phi) is 6.20. The van der Waals surface area contributed by atoms with E-state index in [1.165, 1.54) is 19.1 Å². The molecule has 0 N–H and O–H groups in total. The number of carbonyl (C=O) groups is 3. The minimum Gasteiger partial charge on any atom is -0.469 e. The molecule has 1 aliphatic rings. The van der Waals surface area contributed by atoms with Crippen molar-refractivity contribution < 1.29 is 28.6 Å². The standard InChI is InChI=1S/C15H25NO6/c1-15(2,3)22-14(19)16-10(7-9-12(17)20-4)6-8-11(16)13(18)21-5/h10-11H,6-9H2,1-5H3/t10-,11+/m0/s1. The van der Waals surface area contributed by atoms with Crippen molar-refractivity contribution in [3.63, 3.8) is 0 Å². The third kappa shape index (κ3) is 4.89. The van der Waals surface area contributed by atoms with E-state index in [-0.39, 0.29) is 18.4 Å². The molecule has 0 saturated carbocycles. The Morgan fingerprint density at radius 3 is 2.23 bits per heavy atom. The van der Waals surface area contributed by atoms with Crippen LogP contribution in [0.5, 0.6) is 0 Å². The Bertz CT molecular complexity index is 428. The van der Waals surface area contributed by atoms with Gasteiger partial charge >= 0.3 is 18.0 Å². The van der Waals surface area contributed by atoms with E-state index in [1.54, 1.807) is 20.8 Å². The summed E-state index contributed by atoms with van der Waals surface area (Å²) >= 11 is 0. The van der Waals surface area contributed by atoms with Crippen LogP contribution in [0.3, 0.4) is 0 Å². The van der Waals surface area contributed by atoms with E-state index in [1.807, 2.05) is 0 Å². The van der Waals surface area contributed by atoms with Crippen LogP contribution in [0.15, 0.2) is 0 Å². The maximum absolute atomic E-state index is 12.4. The van der Waals surface area contributed by atoms with E-state index in [0.717, 1.165) is 0 Å². The molecule has 0 spiro atoms. The molecule has 7 heteroatoms. The summed E-state index contributed by atoms with van der Waals surface area (Å²) in [7, 11) is 2.61. The van der Waals surface area contributed by atoms with Gasteiger partial charge in [0.15, 0.2) is 0 Å². The summed E-state index contributed by atoms with van der Waals surface area (Å²) in [5.74, 6) is -0.808. The van der Waals surface area contributed by atoms with E-state index in [9.17, 15) is 14.4 Å². The van der Waals surface area contributed by atoms with Crippen molar-refractivity contribution in [1.82, 2.24) is 4.90 Å². The zero-order valence-electron chi connectivity index (χ0n) is 13.9. The Labute approximate surface area is 130 Å². The van der Waals surface area contributed by atoms with Gasteiger partial charge in [-0.05, 0) is 40.0 Å². The Morgan fingerprint density at radius 2 is 1.73 bits per heavy atom. The predicted octanol–water partition coefficient (Wildman–Crippen LogP) is 1.88. The van der Waals surface area contributed by atoms with E-state index in [4.69, 9.17) is 9.47 Å². The number of amides is 1. The molecule has 0 aromatic carbocycles. The minimum absolute atomic E-state index is 0.189. The largest absolute Gasteiger partial charge is 0.469 e. The lowest BCUT2D eigenvalue weighted by molar-refractivity contribution is -0.146. The Morgan fingerprint density at radius 1 is 1.09 bits per heavy atom. The zero-order chi connectivity index (χ0) is 16.9. The SMILES string of the molecule is COC(=O)CC[C@@H]1CC[C@H](C(=O)OC)N1C(=O)OC(C)(C)C. The van der Waals surface area contributed by atoms with Crippen LogP contribution in [-0.4, -0.2) is 54.8 Å². The number of carbonyl (C=O) groups excluding carboxylic acids is 3. The number of hydrogen-bond acceptors (Lipinski definition) is 6. The number of hydrogen-bond donors (Lipinski definition) is 0. The number of methoxy groups -OCH3 is 2. The number of likely N-dealkylation sites (tertiary alicyclic amines) is 1. The summed E-state index contributed by atoms with van der Waals surface area (Å²) in [6.45, 7) is 5.28. The lowest BCUT2D eigenvalue weighted by atomic mass is 10.1. The molecule has 0 aromatic rings. The lowest BCUT2D eigenvalue weighted by Gasteiger charge is -2.31. The molecule has 0 aromatic heterocycles. The highest BCUT2D eigenvalue weighted by molar-refractivity contribution is 5.82. The second kappa shape index (κ2) is 7.47. The quantitative estimate of drug-likeness (QED) is 0.582. The molecule has 0 aliphatic carbocycles. The van der Waals surface area contributed by atoms with Crippen LogP contribution in [0.2, 0.25) is 0 Å². The van der Waals surface area contributed by atoms with Crippen LogP contribution in [0.4, 0.5) is 4.79 Å². The van der Waals surface area contributed by atoms with Gasteiger partial charge in [0.05, 0.1) is 14.2 Å². The minimum atomic E-state index is -0.664. The highest BCUT2D eigenvalue weighted by Crippen LogP contribution is 2.30. The highest BCUT2D eigenvalue weighted by atomic mass is 16.6. The zero-order valence-corrected chi connectivity index (χ0v) is 13.9. The van der Waals surface area contributed by atoms with Gasteiger partial charge in [0.2, 0.25) is 0 Å². The van der Waals surface area contributed by atoms with Crippen LogP contribution in [0.1, 0.15) is 46.5 Å². The van der Waals surface area contributed by atoms with Gasteiger partial charge in [-0.15, -0.1) is 0 Å². The van der Waals surface area contributed by atoms with Gasteiger partial charge in [-0.3, -0.25) is 9.69 Å². The van der Waals surface area contributed by atoms with E-state index >= 15 is 0 Å². The predicted molar refractivity (Wildman–Crippen MR) is 78.1 cm³/mol. The molecule has 0 unspecified atom stereocenters. The number of ether oxygens (including phenoxy) is 3. The fraction of sp³-hybridized carbons (Fsp3) is 0.800. The van der Waals surface area contributed by atoms with Gasteiger partial charge in [-0.25, -0.2) is 9.59 Å². The monoisotopic (exact) mass is 315 g/mol. The van der Waals surface area contributed by atoms with Crippen LogP contribution in [0.25, 0.3) is 0 Å².